The summed E-state index contributed by atoms with van der Waals surface area (Å²) < 4.78 is 11.2. The summed E-state index contributed by atoms with van der Waals surface area (Å²) >= 11 is 0. The average molecular weight is 396 g/mol. The van der Waals surface area contributed by atoms with Gasteiger partial charge in [-0.25, -0.2) is 0 Å². The van der Waals surface area contributed by atoms with E-state index in [0.29, 0.717) is 19.8 Å². The van der Waals surface area contributed by atoms with Crippen LogP contribution in [-0.4, -0.2) is 38.8 Å². The predicted molar refractivity (Wildman–Crippen MR) is 112 cm³/mol. The van der Waals surface area contributed by atoms with E-state index >= 15 is 0 Å². The molecule has 2 aliphatic rings. The number of quaternary nitrogens is 1. The van der Waals surface area contributed by atoms with E-state index in [-0.39, 0.29) is 11.9 Å². The molecule has 5 heteroatoms. The minimum absolute atomic E-state index is 0.0478. The standard InChI is InChI=1S/C24H30N2O3/c1-18(21-7-8-22-23(16-21)29-14-13-28-22)25-24(27)17-26-11-9-20(10-12-26)15-19-5-3-2-4-6-19/h2-8,16,18,20H,9-15,17H2,1H3,(H,25,27)/p+1/t18-/m1/s1. The van der Waals surface area contributed by atoms with E-state index in [1.165, 1.54) is 23.3 Å². The van der Waals surface area contributed by atoms with E-state index in [1.807, 2.05) is 25.1 Å². The maximum atomic E-state index is 12.6. The van der Waals surface area contributed by atoms with Crippen molar-refractivity contribution in [2.75, 3.05) is 32.8 Å². The molecular formula is C24H31N2O3+. The fourth-order valence-electron chi connectivity index (χ4n) is 4.35. The van der Waals surface area contributed by atoms with Crippen molar-refractivity contribution in [1.29, 1.82) is 0 Å². The third-order valence-electron chi connectivity index (χ3n) is 6.03. The molecule has 5 nitrogen and oxygen atoms in total. The first-order valence-electron chi connectivity index (χ1n) is 10.7. The van der Waals surface area contributed by atoms with Crippen molar-refractivity contribution < 1.29 is 19.2 Å². The van der Waals surface area contributed by atoms with E-state index in [2.05, 4.69) is 35.6 Å². The molecule has 0 saturated carbocycles. The van der Waals surface area contributed by atoms with Crippen molar-refractivity contribution in [2.24, 2.45) is 5.92 Å². The Balaban J connectivity index is 1.23. The van der Waals surface area contributed by atoms with Crippen molar-refractivity contribution in [3.63, 3.8) is 0 Å². The Kier molecular flexibility index (Phi) is 6.35. The van der Waals surface area contributed by atoms with Crippen LogP contribution in [-0.2, 0) is 11.2 Å². The normalized spacial score (nSPS) is 22.0. The molecule has 2 aliphatic heterocycles. The minimum atomic E-state index is -0.0478. The van der Waals surface area contributed by atoms with Gasteiger partial charge in [0, 0.05) is 0 Å². The number of ether oxygens (including phenoxy) is 2. The van der Waals surface area contributed by atoms with Gasteiger partial charge in [-0.3, -0.25) is 4.79 Å². The fourth-order valence-corrected chi connectivity index (χ4v) is 4.35. The van der Waals surface area contributed by atoms with E-state index in [4.69, 9.17) is 9.47 Å². The second-order valence-corrected chi connectivity index (χ2v) is 8.25. The molecule has 4 rings (SSSR count). The van der Waals surface area contributed by atoms with Crippen molar-refractivity contribution in [2.45, 2.75) is 32.2 Å². The molecular weight excluding hydrogens is 364 g/mol. The maximum Gasteiger partial charge on any atom is 0.275 e. The number of carbonyl (C=O) groups excluding carboxylic acids is 1. The highest BCUT2D eigenvalue weighted by atomic mass is 16.6. The highest BCUT2D eigenvalue weighted by molar-refractivity contribution is 5.77. The zero-order valence-electron chi connectivity index (χ0n) is 17.2. The molecule has 1 amide bonds. The molecule has 2 aromatic rings. The monoisotopic (exact) mass is 395 g/mol. The van der Waals surface area contributed by atoms with Gasteiger partial charge in [0.2, 0.25) is 0 Å². The zero-order chi connectivity index (χ0) is 20.1. The van der Waals surface area contributed by atoms with Gasteiger partial charge in [-0.05, 0) is 55.4 Å². The number of piperidine rings is 1. The van der Waals surface area contributed by atoms with Gasteiger partial charge in [-0.15, -0.1) is 0 Å². The molecule has 29 heavy (non-hydrogen) atoms. The van der Waals surface area contributed by atoms with E-state index in [0.717, 1.165) is 42.5 Å². The number of nitrogens with one attached hydrogen (secondary N) is 2. The van der Waals surface area contributed by atoms with Crippen molar-refractivity contribution in [1.82, 2.24) is 5.32 Å². The molecule has 0 aromatic heterocycles. The van der Waals surface area contributed by atoms with E-state index in [9.17, 15) is 4.79 Å². The van der Waals surface area contributed by atoms with Gasteiger partial charge in [0.05, 0.1) is 19.1 Å². The van der Waals surface area contributed by atoms with E-state index < -0.39 is 0 Å². The van der Waals surface area contributed by atoms with Crippen LogP contribution in [0, 0.1) is 5.92 Å². The van der Waals surface area contributed by atoms with Crippen LogP contribution in [0.2, 0.25) is 0 Å². The Labute approximate surface area is 173 Å². The summed E-state index contributed by atoms with van der Waals surface area (Å²) in [4.78, 5) is 14.0. The molecule has 2 aromatic carbocycles. The van der Waals surface area contributed by atoms with Gasteiger partial charge in [-0.1, -0.05) is 36.4 Å². The maximum absolute atomic E-state index is 12.6. The Morgan fingerprint density at radius 2 is 1.79 bits per heavy atom. The number of carbonyl (C=O) groups is 1. The largest absolute Gasteiger partial charge is 0.486 e. The number of hydrogen-bond acceptors (Lipinski definition) is 3. The number of hydrogen-bond donors (Lipinski definition) is 2. The zero-order valence-corrected chi connectivity index (χ0v) is 17.2. The van der Waals surface area contributed by atoms with Crippen molar-refractivity contribution in [3.8, 4) is 11.5 Å². The summed E-state index contributed by atoms with van der Waals surface area (Å²) in [5, 5.41) is 3.15. The van der Waals surface area contributed by atoms with Crippen LogP contribution in [0.1, 0.15) is 36.9 Å². The lowest BCUT2D eigenvalue weighted by atomic mass is 9.90. The summed E-state index contributed by atoms with van der Waals surface area (Å²) in [6.45, 7) is 5.87. The molecule has 2 N–H and O–H groups in total. The smallest absolute Gasteiger partial charge is 0.275 e. The molecule has 0 bridgehead atoms. The summed E-state index contributed by atoms with van der Waals surface area (Å²) in [7, 11) is 0. The molecule has 2 heterocycles. The van der Waals surface area contributed by atoms with Gasteiger partial charge >= 0.3 is 0 Å². The van der Waals surface area contributed by atoms with Crippen molar-refractivity contribution in [3.05, 3.63) is 59.7 Å². The van der Waals surface area contributed by atoms with Crippen LogP contribution < -0.4 is 19.7 Å². The Morgan fingerprint density at radius 3 is 2.55 bits per heavy atom. The van der Waals surface area contributed by atoms with Gasteiger partial charge in [-0.2, -0.15) is 0 Å². The molecule has 154 valence electrons. The molecule has 0 aliphatic carbocycles. The van der Waals surface area contributed by atoms with Crippen LogP contribution in [0.3, 0.4) is 0 Å². The van der Waals surface area contributed by atoms with E-state index in [1.54, 1.807) is 0 Å². The van der Waals surface area contributed by atoms with Gasteiger partial charge in [0.25, 0.3) is 5.91 Å². The summed E-state index contributed by atoms with van der Waals surface area (Å²) in [5.41, 5.74) is 2.46. The summed E-state index contributed by atoms with van der Waals surface area (Å²) in [6.07, 6.45) is 3.53. The lowest BCUT2D eigenvalue weighted by molar-refractivity contribution is -0.898. The number of rotatable bonds is 6. The highest BCUT2D eigenvalue weighted by Crippen LogP contribution is 2.32. The molecule has 0 radical (unpaired) electrons. The summed E-state index contributed by atoms with van der Waals surface area (Å²) in [5.74, 6) is 2.40. The van der Waals surface area contributed by atoms with Crippen LogP contribution in [0.5, 0.6) is 11.5 Å². The van der Waals surface area contributed by atoms with Gasteiger partial charge < -0.3 is 19.7 Å². The third kappa shape index (κ3) is 5.30. The molecule has 0 spiro atoms. The molecule has 1 saturated heterocycles. The first-order chi connectivity index (χ1) is 14.2. The number of amides is 1. The van der Waals surface area contributed by atoms with Crippen molar-refractivity contribution >= 4 is 5.91 Å². The molecule has 1 fully saturated rings. The highest BCUT2D eigenvalue weighted by Gasteiger charge is 2.25. The third-order valence-corrected chi connectivity index (χ3v) is 6.03. The number of benzene rings is 2. The Hall–Kier alpha value is -2.53. The fraction of sp³-hybridized carbons (Fsp3) is 0.458. The molecule has 1 atom stereocenters. The SMILES string of the molecule is C[C@@H](NC(=O)C[NH+]1CCC(Cc2ccccc2)CC1)c1ccc2c(c1)OCCO2. The molecule has 0 unspecified atom stereocenters. The van der Waals surface area contributed by atoms with Crippen LogP contribution in [0.15, 0.2) is 48.5 Å². The first kappa shape index (κ1) is 19.8. The average Bonchev–Trinajstić information content (AvgIpc) is 2.75. The van der Waals surface area contributed by atoms with Crippen LogP contribution >= 0.6 is 0 Å². The Morgan fingerprint density at radius 1 is 1.07 bits per heavy atom. The number of likely N-dealkylation sites (tertiary alicyclic amines) is 1. The van der Waals surface area contributed by atoms with Gasteiger partial charge in [0.1, 0.15) is 13.2 Å². The number of fused-ring (bicyclic) bond motifs is 1. The topological polar surface area (TPSA) is 52.0 Å². The quantitative estimate of drug-likeness (QED) is 0.788. The summed E-state index contributed by atoms with van der Waals surface area (Å²) in [6, 6.07) is 16.6. The lowest BCUT2D eigenvalue weighted by Gasteiger charge is -2.29. The Bertz CT molecular complexity index is 816. The second kappa shape index (κ2) is 9.31. The van der Waals surface area contributed by atoms with Gasteiger partial charge in [0.15, 0.2) is 18.0 Å². The van der Waals surface area contributed by atoms with Crippen LogP contribution in [0.4, 0.5) is 0 Å². The lowest BCUT2D eigenvalue weighted by Crippen LogP contribution is -3.14. The second-order valence-electron chi connectivity index (χ2n) is 8.25. The first-order valence-corrected chi connectivity index (χ1v) is 10.7. The predicted octanol–water partition coefficient (Wildman–Crippen LogP) is 2.17. The van der Waals surface area contributed by atoms with Crippen LogP contribution in [0.25, 0.3) is 0 Å². The minimum Gasteiger partial charge on any atom is -0.486 e.